The van der Waals surface area contributed by atoms with E-state index in [1.54, 1.807) is 7.11 Å². The zero-order chi connectivity index (χ0) is 11.3. The molecule has 0 aliphatic carbocycles. The van der Waals surface area contributed by atoms with Gasteiger partial charge in [0.25, 0.3) is 0 Å². The molecule has 0 saturated carbocycles. The Balaban J connectivity index is 2.91. The molecular weight excluding hydrogens is 212 g/mol. The lowest BCUT2D eigenvalue weighted by Crippen LogP contribution is -2.26. The van der Waals surface area contributed by atoms with Gasteiger partial charge in [0, 0.05) is 20.2 Å². The Kier molecular flexibility index (Phi) is 4.77. The van der Waals surface area contributed by atoms with Crippen molar-refractivity contribution in [2.45, 2.75) is 20.4 Å². The van der Waals surface area contributed by atoms with Gasteiger partial charge in [0.15, 0.2) is 4.77 Å². The third-order valence-corrected chi connectivity index (χ3v) is 2.62. The maximum absolute atomic E-state index is 5.16. The van der Waals surface area contributed by atoms with E-state index in [9.17, 15) is 0 Å². The van der Waals surface area contributed by atoms with Crippen molar-refractivity contribution in [1.82, 2.24) is 14.8 Å². The van der Waals surface area contributed by atoms with E-state index in [0.717, 1.165) is 25.6 Å². The minimum atomic E-state index is 0.641. The fourth-order valence-corrected chi connectivity index (χ4v) is 1.66. The number of nitrogens with one attached hydrogen (secondary N) is 1. The first-order chi connectivity index (χ1) is 7.24. The SMILES string of the molecule is CCN(CC)c1n[nH]c(=S)n1CCOC. The number of ether oxygens (including phenoxy) is 1. The Labute approximate surface area is 95.0 Å². The number of hydrogen-bond donors (Lipinski definition) is 1. The molecule has 0 fully saturated rings. The molecule has 0 aliphatic heterocycles. The summed E-state index contributed by atoms with van der Waals surface area (Å²) in [5.41, 5.74) is 0. The first-order valence-electron chi connectivity index (χ1n) is 5.13. The highest BCUT2D eigenvalue weighted by atomic mass is 32.1. The van der Waals surface area contributed by atoms with Gasteiger partial charge in [0.05, 0.1) is 13.2 Å². The number of anilines is 1. The first kappa shape index (κ1) is 12.2. The predicted molar refractivity (Wildman–Crippen MR) is 62.8 cm³/mol. The summed E-state index contributed by atoms with van der Waals surface area (Å²) >= 11 is 5.16. The molecule has 0 saturated heterocycles. The van der Waals surface area contributed by atoms with Crippen molar-refractivity contribution in [3.05, 3.63) is 4.77 Å². The van der Waals surface area contributed by atoms with Gasteiger partial charge in [-0.2, -0.15) is 0 Å². The molecule has 1 heterocycles. The maximum atomic E-state index is 5.16. The summed E-state index contributed by atoms with van der Waals surface area (Å²) in [7, 11) is 1.68. The van der Waals surface area contributed by atoms with E-state index in [1.807, 2.05) is 4.57 Å². The molecule has 1 aromatic heterocycles. The lowest BCUT2D eigenvalue weighted by molar-refractivity contribution is 0.187. The lowest BCUT2D eigenvalue weighted by Gasteiger charge is -2.19. The number of H-pyrrole nitrogens is 1. The van der Waals surface area contributed by atoms with Crippen LogP contribution in [0.1, 0.15) is 13.8 Å². The van der Waals surface area contributed by atoms with Gasteiger partial charge in [-0.3, -0.25) is 4.57 Å². The van der Waals surface area contributed by atoms with E-state index < -0.39 is 0 Å². The summed E-state index contributed by atoms with van der Waals surface area (Å²) in [4.78, 5) is 2.15. The van der Waals surface area contributed by atoms with Crippen LogP contribution in [0.2, 0.25) is 0 Å². The van der Waals surface area contributed by atoms with Crippen LogP contribution in [-0.2, 0) is 11.3 Å². The van der Waals surface area contributed by atoms with Crippen molar-refractivity contribution in [2.24, 2.45) is 0 Å². The number of hydrogen-bond acceptors (Lipinski definition) is 4. The van der Waals surface area contributed by atoms with Crippen molar-refractivity contribution in [3.8, 4) is 0 Å². The molecule has 0 unspecified atom stereocenters. The number of aromatic amines is 1. The normalized spacial score (nSPS) is 10.6. The highest BCUT2D eigenvalue weighted by molar-refractivity contribution is 7.71. The summed E-state index contributed by atoms with van der Waals surface area (Å²) in [6, 6.07) is 0. The number of methoxy groups -OCH3 is 1. The molecule has 1 aromatic rings. The quantitative estimate of drug-likeness (QED) is 0.751. The van der Waals surface area contributed by atoms with Crippen LogP contribution in [0.5, 0.6) is 0 Å². The van der Waals surface area contributed by atoms with Gasteiger partial charge in [-0.25, -0.2) is 5.10 Å². The van der Waals surface area contributed by atoms with E-state index in [0.29, 0.717) is 11.4 Å². The molecule has 15 heavy (non-hydrogen) atoms. The number of nitrogens with zero attached hydrogens (tertiary/aromatic N) is 3. The predicted octanol–water partition coefficient (Wildman–Crippen LogP) is 1.43. The average Bonchev–Trinajstić information content (AvgIpc) is 2.60. The number of rotatable bonds is 6. The zero-order valence-electron chi connectivity index (χ0n) is 9.49. The average molecular weight is 230 g/mol. The fraction of sp³-hybridized carbons (Fsp3) is 0.778. The highest BCUT2D eigenvalue weighted by Crippen LogP contribution is 2.10. The standard InChI is InChI=1S/C9H18N4OS/c1-4-12(5-2)8-10-11-9(15)13(8)6-7-14-3/h4-7H2,1-3H3,(H,11,15). The number of aromatic nitrogens is 3. The Bertz CT molecular complexity index is 342. The smallest absolute Gasteiger partial charge is 0.225 e. The topological polar surface area (TPSA) is 46.1 Å². The second-order valence-corrected chi connectivity index (χ2v) is 3.53. The molecule has 6 heteroatoms. The molecule has 0 radical (unpaired) electrons. The largest absolute Gasteiger partial charge is 0.383 e. The summed E-state index contributed by atoms with van der Waals surface area (Å²) < 4.78 is 7.66. The lowest BCUT2D eigenvalue weighted by atomic mass is 10.5. The first-order valence-corrected chi connectivity index (χ1v) is 5.54. The second-order valence-electron chi connectivity index (χ2n) is 3.15. The molecule has 0 atom stereocenters. The van der Waals surface area contributed by atoms with Gasteiger partial charge in [-0.1, -0.05) is 0 Å². The third kappa shape index (κ3) is 2.79. The van der Waals surface area contributed by atoms with Crippen molar-refractivity contribution in [3.63, 3.8) is 0 Å². The molecule has 0 aliphatic rings. The minimum absolute atomic E-state index is 0.641. The van der Waals surface area contributed by atoms with Gasteiger partial charge >= 0.3 is 0 Å². The van der Waals surface area contributed by atoms with Gasteiger partial charge in [0.1, 0.15) is 0 Å². The third-order valence-electron chi connectivity index (χ3n) is 2.30. The molecule has 0 spiro atoms. The van der Waals surface area contributed by atoms with Crippen molar-refractivity contribution >= 4 is 18.2 Å². The van der Waals surface area contributed by atoms with Gasteiger partial charge in [-0.05, 0) is 26.1 Å². The molecule has 1 rings (SSSR count). The summed E-state index contributed by atoms with van der Waals surface area (Å²) in [5, 5.41) is 7.04. The van der Waals surface area contributed by atoms with Crippen molar-refractivity contribution < 1.29 is 4.74 Å². The molecule has 0 aromatic carbocycles. The minimum Gasteiger partial charge on any atom is -0.383 e. The van der Waals surface area contributed by atoms with Crippen LogP contribution in [-0.4, -0.2) is 41.6 Å². The fourth-order valence-electron chi connectivity index (χ4n) is 1.44. The Morgan fingerprint density at radius 2 is 2.13 bits per heavy atom. The zero-order valence-corrected chi connectivity index (χ0v) is 10.3. The van der Waals surface area contributed by atoms with Crippen LogP contribution < -0.4 is 4.90 Å². The summed E-state index contributed by atoms with van der Waals surface area (Å²) in [6.45, 7) is 7.41. The molecule has 0 amide bonds. The molecule has 86 valence electrons. The van der Waals surface area contributed by atoms with E-state index in [1.165, 1.54) is 0 Å². The van der Waals surface area contributed by atoms with Crippen LogP contribution in [0.25, 0.3) is 0 Å². The summed E-state index contributed by atoms with van der Waals surface area (Å²) in [6.07, 6.45) is 0. The van der Waals surface area contributed by atoms with Crippen LogP contribution in [0, 0.1) is 4.77 Å². The van der Waals surface area contributed by atoms with E-state index in [-0.39, 0.29) is 0 Å². The molecule has 5 nitrogen and oxygen atoms in total. The Hall–Kier alpha value is -0.880. The molecular formula is C9H18N4OS. The highest BCUT2D eigenvalue weighted by Gasteiger charge is 2.10. The maximum Gasteiger partial charge on any atom is 0.225 e. The van der Waals surface area contributed by atoms with E-state index in [2.05, 4.69) is 28.9 Å². The van der Waals surface area contributed by atoms with Crippen LogP contribution in [0.15, 0.2) is 0 Å². The van der Waals surface area contributed by atoms with Crippen LogP contribution >= 0.6 is 12.2 Å². The Morgan fingerprint density at radius 3 is 2.67 bits per heavy atom. The van der Waals surface area contributed by atoms with Crippen LogP contribution in [0.4, 0.5) is 5.95 Å². The van der Waals surface area contributed by atoms with E-state index in [4.69, 9.17) is 17.0 Å². The van der Waals surface area contributed by atoms with Crippen molar-refractivity contribution in [2.75, 3.05) is 31.7 Å². The van der Waals surface area contributed by atoms with E-state index >= 15 is 0 Å². The molecule has 1 N–H and O–H groups in total. The summed E-state index contributed by atoms with van der Waals surface area (Å²) in [5.74, 6) is 0.891. The van der Waals surface area contributed by atoms with Gasteiger partial charge in [0.2, 0.25) is 5.95 Å². The molecule has 0 bridgehead atoms. The van der Waals surface area contributed by atoms with Gasteiger partial charge < -0.3 is 9.64 Å². The van der Waals surface area contributed by atoms with Crippen LogP contribution in [0.3, 0.4) is 0 Å². The Morgan fingerprint density at radius 1 is 1.47 bits per heavy atom. The van der Waals surface area contributed by atoms with Gasteiger partial charge in [-0.15, -0.1) is 5.10 Å². The van der Waals surface area contributed by atoms with Crippen molar-refractivity contribution in [1.29, 1.82) is 0 Å². The monoisotopic (exact) mass is 230 g/mol. The second kappa shape index (κ2) is 5.87.